The maximum atomic E-state index is 9.57. The third kappa shape index (κ3) is 3.63. The van der Waals surface area contributed by atoms with E-state index in [1.165, 1.54) is 11.5 Å². The standard InChI is InChI=1S/C13H19NO2S/c14-9-13(15)10-1-3-11(4-2-10)16-12-5-7-17-8-6-12/h1-4,12-13,15H,5-9,14H2. The summed E-state index contributed by atoms with van der Waals surface area (Å²) in [5.74, 6) is 3.26. The molecule has 0 aliphatic carbocycles. The zero-order valence-electron chi connectivity index (χ0n) is 9.84. The number of aliphatic hydroxyl groups is 1. The van der Waals surface area contributed by atoms with Gasteiger partial charge in [0, 0.05) is 6.54 Å². The highest BCUT2D eigenvalue weighted by atomic mass is 32.2. The van der Waals surface area contributed by atoms with Crippen LogP contribution in [0.5, 0.6) is 5.75 Å². The predicted octanol–water partition coefficient (Wildman–Crippen LogP) is 1.95. The highest BCUT2D eigenvalue weighted by Gasteiger charge is 2.15. The molecule has 0 bridgehead atoms. The monoisotopic (exact) mass is 253 g/mol. The third-order valence-electron chi connectivity index (χ3n) is 2.96. The van der Waals surface area contributed by atoms with Gasteiger partial charge in [-0.3, -0.25) is 0 Å². The van der Waals surface area contributed by atoms with Crippen LogP contribution >= 0.6 is 11.8 Å². The third-order valence-corrected chi connectivity index (χ3v) is 4.01. The van der Waals surface area contributed by atoms with E-state index in [-0.39, 0.29) is 6.54 Å². The number of hydrogen-bond acceptors (Lipinski definition) is 4. The lowest BCUT2D eigenvalue weighted by Gasteiger charge is -2.23. The highest BCUT2D eigenvalue weighted by Crippen LogP contribution is 2.23. The van der Waals surface area contributed by atoms with E-state index in [1.54, 1.807) is 0 Å². The van der Waals surface area contributed by atoms with Crippen LogP contribution in [-0.4, -0.2) is 29.3 Å². The van der Waals surface area contributed by atoms with Gasteiger partial charge in [-0.1, -0.05) is 12.1 Å². The number of nitrogens with two attached hydrogens (primary N) is 1. The molecule has 0 spiro atoms. The Bertz CT molecular complexity index is 336. The molecule has 94 valence electrons. The Balaban J connectivity index is 1.93. The summed E-state index contributed by atoms with van der Waals surface area (Å²) >= 11 is 1.99. The second-order valence-corrected chi connectivity index (χ2v) is 5.47. The van der Waals surface area contributed by atoms with Crippen molar-refractivity contribution in [2.24, 2.45) is 5.73 Å². The molecule has 3 nitrogen and oxygen atoms in total. The van der Waals surface area contributed by atoms with Gasteiger partial charge in [0.15, 0.2) is 0 Å². The number of ether oxygens (including phenoxy) is 1. The molecule has 0 radical (unpaired) electrons. The zero-order valence-corrected chi connectivity index (χ0v) is 10.7. The lowest BCUT2D eigenvalue weighted by atomic mass is 10.1. The van der Waals surface area contributed by atoms with E-state index in [0.29, 0.717) is 6.10 Å². The fourth-order valence-electron chi connectivity index (χ4n) is 1.89. The molecule has 0 aromatic heterocycles. The van der Waals surface area contributed by atoms with Crippen LogP contribution in [0.2, 0.25) is 0 Å². The summed E-state index contributed by atoms with van der Waals surface area (Å²) in [7, 11) is 0. The smallest absolute Gasteiger partial charge is 0.119 e. The molecule has 4 heteroatoms. The van der Waals surface area contributed by atoms with Crippen molar-refractivity contribution in [1.82, 2.24) is 0 Å². The minimum absolute atomic E-state index is 0.250. The van der Waals surface area contributed by atoms with Gasteiger partial charge in [0.25, 0.3) is 0 Å². The van der Waals surface area contributed by atoms with Crippen LogP contribution in [0.1, 0.15) is 24.5 Å². The first kappa shape index (κ1) is 12.7. The molecule has 17 heavy (non-hydrogen) atoms. The van der Waals surface area contributed by atoms with Crippen LogP contribution in [0.25, 0.3) is 0 Å². The minimum Gasteiger partial charge on any atom is -0.490 e. The molecular formula is C13H19NO2S. The van der Waals surface area contributed by atoms with Gasteiger partial charge in [-0.25, -0.2) is 0 Å². The Morgan fingerprint density at radius 2 is 1.94 bits per heavy atom. The van der Waals surface area contributed by atoms with Gasteiger partial charge in [-0.05, 0) is 42.0 Å². The van der Waals surface area contributed by atoms with Crippen molar-refractivity contribution in [2.75, 3.05) is 18.1 Å². The molecular weight excluding hydrogens is 234 g/mol. The Hall–Kier alpha value is -0.710. The molecule has 1 aromatic rings. The second kappa shape index (κ2) is 6.28. The minimum atomic E-state index is -0.574. The summed E-state index contributed by atoms with van der Waals surface area (Å²) in [6.45, 7) is 0.250. The lowest BCUT2D eigenvalue weighted by molar-refractivity contribution is 0.184. The van der Waals surface area contributed by atoms with E-state index in [4.69, 9.17) is 10.5 Å². The molecule has 1 aliphatic rings. The predicted molar refractivity (Wildman–Crippen MR) is 71.4 cm³/mol. The Morgan fingerprint density at radius 3 is 2.53 bits per heavy atom. The van der Waals surface area contributed by atoms with Crippen LogP contribution in [-0.2, 0) is 0 Å². The largest absolute Gasteiger partial charge is 0.490 e. The Morgan fingerprint density at radius 1 is 1.29 bits per heavy atom. The van der Waals surface area contributed by atoms with Gasteiger partial charge >= 0.3 is 0 Å². The molecule has 0 saturated carbocycles. The van der Waals surface area contributed by atoms with Crippen LogP contribution in [0.3, 0.4) is 0 Å². The summed E-state index contributed by atoms with van der Waals surface area (Å²) in [6.07, 6.45) is 2.02. The number of aliphatic hydroxyl groups excluding tert-OH is 1. The van der Waals surface area contributed by atoms with Crippen LogP contribution in [0.15, 0.2) is 24.3 Å². The van der Waals surface area contributed by atoms with Crippen LogP contribution in [0, 0.1) is 0 Å². The van der Waals surface area contributed by atoms with E-state index in [9.17, 15) is 5.11 Å². The summed E-state index contributed by atoms with van der Waals surface area (Å²) in [5, 5.41) is 9.57. The van der Waals surface area contributed by atoms with E-state index < -0.39 is 6.10 Å². The highest BCUT2D eigenvalue weighted by molar-refractivity contribution is 7.99. The van der Waals surface area contributed by atoms with Crippen molar-refractivity contribution < 1.29 is 9.84 Å². The van der Waals surface area contributed by atoms with Crippen molar-refractivity contribution in [3.05, 3.63) is 29.8 Å². The molecule has 3 N–H and O–H groups in total. The molecule has 2 rings (SSSR count). The lowest BCUT2D eigenvalue weighted by Crippen LogP contribution is -2.22. The quantitative estimate of drug-likeness (QED) is 0.861. The zero-order chi connectivity index (χ0) is 12.1. The van der Waals surface area contributed by atoms with Gasteiger partial charge in [-0.2, -0.15) is 11.8 Å². The molecule has 0 amide bonds. The van der Waals surface area contributed by atoms with Gasteiger partial charge < -0.3 is 15.6 Å². The van der Waals surface area contributed by atoms with E-state index in [0.717, 1.165) is 24.2 Å². The molecule has 1 atom stereocenters. The van der Waals surface area contributed by atoms with Crippen molar-refractivity contribution in [3.8, 4) is 5.75 Å². The molecule has 1 aliphatic heterocycles. The maximum Gasteiger partial charge on any atom is 0.119 e. The first-order chi connectivity index (χ1) is 8.29. The molecule has 1 unspecified atom stereocenters. The number of rotatable bonds is 4. The Kier molecular flexibility index (Phi) is 4.71. The topological polar surface area (TPSA) is 55.5 Å². The summed E-state index contributed by atoms with van der Waals surface area (Å²) in [5.41, 5.74) is 6.25. The number of hydrogen-bond donors (Lipinski definition) is 2. The molecule has 1 aromatic carbocycles. The maximum absolute atomic E-state index is 9.57. The first-order valence-corrected chi connectivity index (χ1v) is 7.17. The molecule has 1 fully saturated rings. The van der Waals surface area contributed by atoms with E-state index >= 15 is 0 Å². The van der Waals surface area contributed by atoms with Gasteiger partial charge in [0.1, 0.15) is 11.9 Å². The molecule has 1 heterocycles. The van der Waals surface area contributed by atoms with Crippen molar-refractivity contribution >= 4 is 11.8 Å². The van der Waals surface area contributed by atoms with Crippen molar-refractivity contribution in [1.29, 1.82) is 0 Å². The summed E-state index contributed by atoms with van der Waals surface area (Å²) in [4.78, 5) is 0. The fourth-order valence-corrected chi connectivity index (χ4v) is 2.95. The Labute approximate surface area is 106 Å². The number of thioether (sulfide) groups is 1. The van der Waals surface area contributed by atoms with Gasteiger partial charge in [0.05, 0.1) is 6.10 Å². The first-order valence-electron chi connectivity index (χ1n) is 6.02. The van der Waals surface area contributed by atoms with E-state index in [2.05, 4.69) is 0 Å². The van der Waals surface area contributed by atoms with Gasteiger partial charge in [-0.15, -0.1) is 0 Å². The normalized spacial score (nSPS) is 18.9. The van der Waals surface area contributed by atoms with Gasteiger partial charge in [0.2, 0.25) is 0 Å². The number of benzene rings is 1. The van der Waals surface area contributed by atoms with Crippen LogP contribution in [0.4, 0.5) is 0 Å². The fraction of sp³-hybridized carbons (Fsp3) is 0.538. The summed E-state index contributed by atoms with van der Waals surface area (Å²) < 4.78 is 5.90. The van der Waals surface area contributed by atoms with Crippen LogP contribution < -0.4 is 10.5 Å². The average Bonchev–Trinajstić information content (AvgIpc) is 2.40. The second-order valence-electron chi connectivity index (χ2n) is 4.25. The molecule has 1 saturated heterocycles. The average molecular weight is 253 g/mol. The SMILES string of the molecule is NCC(O)c1ccc(OC2CCSCC2)cc1. The van der Waals surface area contributed by atoms with Crippen molar-refractivity contribution in [2.45, 2.75) is 25.0 Å². The van der Waals surface area contributed by atoms with E-state index in [1.807, 2.05) is 36.0 Å². The summed E-state index contributed by atoms with van der Waals surface area (Å²) in [6, 6.07) is 7.58. The van der Waals surface area contributed by atoms with Crippen molar-refractivity contribution in [3.63, 3.8) is 0 Å².